The zero-order chi connectivity index (χ0) is 9.41. The highest BCUT2D eigenvalue weighted by Gasteiger charge is 2.59. The van der Waals surface area contributed by atoms with Crippen molar-refractivity contribution in [2.75, 3.05) is 0 Å². The van der Waals surface area contributed by atoms with Crippen LogP contribution in [0.3, 0.4) is 0 Å². The summed E-state index contributed by atoms with van der Waals surface area (Å²) in [5.41, 5.74) is -2.74. The minimum atomic E-state index is -3.98. The quantitative estimate of drug-likeness (QED) is 0.682. The van der Waals surface area contributed by atoms with Crippen LogP contribution in [-0.2, 0) is 4.79 Å². The summed E-state index contributed by atoms with van der Waals surface area (Å²) in [6.07, 6.45) is 1.51. The van der Waals surface area contributed by atoms with Gasteiger partial charge in [-0.25, -0.2) is 4.79 Å². The van der Waals surface area contributed by atoms with Crippen LogP contribution in [-0.4, -0.2) is 22.0 Å². The second-order valence-electron chi connectivity index (χ2n) is 2.10. The van der Waals surface area contributed by atoms with Gasteiger partial charge in [-0.3, -0.25) is 0 Å². The van der Waals surface area contributed by atoms with E-state index in [1.807, 2.05) is 0 Å². The Morgan fingerprint density at radius 2 is 2.25 bits per heavy atom. The molecule has 0 amide bonds. The first-order valence-corrected chi connectivity index (χ1v) is 3.18. The van der Waals surface area contributed by atoms with Gasteiger partial charge < -0.3 is 5.11 Å². The van der Waals surface area contributed by atoms with Crippen LogP contribution in [0.25, 0.3) is 0 Å². The molecule has 0 spiro atoms. The van der Waals surface area contributed by atoms with Gasteiger partial charge in [-0.05, 0) is 17.7 Å². The summed E-state index contributed by atoms with van der Waals surface area (Å²) in [6, 6.07) is 0. The number of halogens is 3. The molecule has 0 radical (unpaired) electrons. The highest BCUT2D eigenvalue weighted by Crippen LogP contribution is 2.39. The average molecular weight is 197 g/mol. The molecule has 1 unspecified atom stereocenters. The Hall–Kier alpha value is -1.04. The maximum absolute atomic E-state index is 12.5. The number of hydrogen-bond acceptors (Lipinski definition) is 3. The molecule has 0 fully saturated rings. The van der Waals surface area contributed by atoms with Crippen LogP contribution in [0.15, 0.2) is 22.5 Å². The first-order valence-electron chi connectivity index (χ1n) is 2.80. The average Bonchev–Trinajstić information content (AvgIpc) is 2.31. The maximum Gasteiger partial charge on any atom is 0.362 e. The summed E-state index contributed by atoms with van der Waals surface area (Å²) in [5.74, 6) is -1.83. The molecule has 0 saturated carbocycles. The van der Waals surface area contributed by atoms with E-state index in [-0.39, 0.29) is 0 Å². The van der Waals surface area contributed by atoms with Crippen molar-refractivity contribution >= 4 is 17.6 Å². The van der Waals surface area contributed by atoms with Crippen LogP contribution < -0.4 is 0 Å². The van der Waals surface area contributed by atoms with Crippen molar-refractivity contribution in [1.82, 2.24) is 0 Å². The van der Waals surface area contributed by atoms with Gasteiger partial charge in [0.15, 0.2) is 0 Å². The van der Waals surface area contributed by atoms with Crippen molar-refractivity contribution in [3.05, 3.63) is 12.3 Å². The third-order valence-corrected chi connectivity index (χ3v) is 1.64. The standard InChI is InChI=1S/C5H3ClF2N2O2/c6-5(7,8)4(3(11)12)1-2-9-10-4/h1-2H,(H,11,12). The fraction of sp³-hybridized carbons (Fsp3) is 0.400. The smallest absolute Gasteiger partial charge is 0.362 e. The van der Waals surface area contributed by atoms with E-state index < -0.39 is 16.9 Å². The molecule has 0 aromatic rings. The van der Waals surface area contributed by atoms with Crippen LogP contribution >= 0.6 is 11.6 Å². The Balaban J connectivity index is 3.14. The molecule has 4 nitrogen and oxygen atoms in total. The third kappa shape index (κ3) is 1.08. The van der Waals surface area contributed by atoms with Gasteiger partial charge in [0.1, 0.15) is 0 Å². The largest absolute Gasteiger partial charge is 0.479 e. The second kappa shape index (κ2) is 2.48. The first kappa shape index (κ1) is 9.05. The van der Waals surface area contributed by atoms with Gasteiger partial charge >= 0.3 is 11.4 Å². The summed E-state index contributed by atoms with van der Waals surface area (Å²) < 4.78 is 25.0. The number of carboxylic acid groups (broad SMARTS) is 1. The van der Waals surface area contributed by atoms with E-state index in [1.165, 1.54) is 0 Å². The van der Waals surface area contributed by atoms with E-state index in [0.29, 0.717) is 6.08 Å². The molecule has 7 heteroatoms. The Labute approximate surface area is 70.5 Å². The molecule has 1 aliphatic heterocycles. The minimum Gasteiger partial charge on any atom is -0.479 e. The molecule has 12 heavy (non-hydrogen) atoms. The van der Waals surface area contributed by atoms with Gasteiger partial charge in [0, 0.05) is 6.20 Å². The fourth-order valence-corrected chi connectivity index (χ4v) is 0.867. The SMILES string of the molecule is O=C(O)C1(C(F)(F)Cl)C=CN=N1. The highest BCUT2D eigenvalue weighted by molar-refractivity contribution is 6.24. The van der Waals surface area contributed by atoms with E-state index in [1.54, 1.807) is 0 Å². The summed E-state index contributed by atoms with van der Waals surface area (Å²) >= 11 is 4.57. The van der Waals surface area contributed by atoms with Crippen LogP contribution in [0, 0.1) is 0 Å². The van der Waals surface area contributed by atoms with E-state index in [4.69, 9.17) is 5.11 Å². The topological polar surface area (TPSA) is 62.0 Å². The molecular formula is C5H3ClF2N2O2. The van der Waals surface area contributed by atoms with Crippen molar-refractivity contribution in [2.24, 2.45) is 10.2 Å². The first-order chi connectivity index (χ1) is 5.40. The zero-order valence-electron chi connectivity index (χ0n) is 5.54. The molecule has 0 aromatic heterocycles. The lowest BCUT2D eigenvalue weighted by molar-refractivity contribution is -0.148. The van der Waals surface area contributed by atoms with Gasteiger partial charge in [0.2, 0.25) is 0 Å². The summed E-state index contributed by atoms with van der Waals surface area (Å²) in [6.45, 7) is 0. The Morgan fingerprint density at radius 1 is 1.67 bits per heavy atom. The van der Waals surface area contributed by atoms with Crippen LogP contribution in [0.4, 0.5) is 8.78 Å². The van der Waals surface area contributed by atoms with Gasteiger partial charge in [0.05, 0.1) is 0 Å². The molecule has 0 aromatic carbocycles. The van der Waals surface area contributed by atoms with Gasteiger partial charge in [-0.2, -0.15) is 19.0 Å². The normalized spacial score (nSPS) is 27.9. The summed E-state index contributed by atoms with van der Waals surface area (Å²) in [7, 11) is 0. The molecular weight excluding hydrogens is 194 g/mol. The van der Waals surface area contributed by atoms with Crippen molar-refractivity contribution in [3.8, 4) is 0 Å². The Morgan fingerprint density at radius 3 is 2.42 bits per heavy atom. The number of carboxylic acids is 1. The molecule has 1 N–H and O–H groups in total. The minimum absolute atomic E-state index is 0.641. The molecule has 0 aliphatic carbocycles. The molecule has 1 heterocycles. The fourth-order valence-electron chi connectivity index (χ4n) is 0.685. The summed E-state index contributed by atoms with van der Waals surface area (Å²) in [5, 5.41) is 10.3. The Kier molecular flexibility index (Phi) is 1.87. The van der Waals surface area contributed by atoms with E-state index >= 15 is 0 Å². The molecule has 0 saturated heterocycles. The van der Waals surface area contributed by atoms with E-state index in [0.717, 1.165) is 6.20 Å². The number of azo groups is 1. The number of rotatable bonds is 2. The van der Waals surface area contributed by atoms with Crippen molar-refractivity contribution in [3.63, 3.8) is 0 Å². The highest BCUT2D eigenvalue weighted by atomic mass is 35.5. The van der Waals surface area contributed by atoms with Gasteiger partial charge in [0.25, 0.3) is 5.54 Å². The van der Waals surface area contributed by atoms with E-state index in [2.05, 4.69) is 21.8 Å². The number of aliphatic carboxylic acids is 1. The number of alkyl halides is 3. The van der Waals surface area contributed by atoms with Crippen LogP contribution in [0.2, 0.25) is 0 Å². The monoisotopic (exact) mass is 196 g/mol. The molecule has 1 rings (SSSR count). The Bertz CT molecular complexity index is 259. The number of nitrogens with zero attached hydrogens (tertiary/aromatic N) is 2. The predicted molar refractivity (Wildman–Crippen MR) is 35.2 cm³/mol. The zero-order valence-corrected chi connectivity index (χ0v) is 6.29. The lowest BCUT2D eigenvalue weighted by Gasteiger charge is -2.21. The van der Waals surface area contributed by atoms with Crippen LogP contribution in [0.1, 0.15) is 0 Å². The van der Waals surface area contributed by atoms with Crippen molar-refractivity contribution < 1.29 is 18.7 Å². The number of carbonyl (C=O) groups is 1. The maximum atomic E-state index is 12.5. The molecule has 66 valence electrons. The predicted octanol–water partition coefficient (Wildman–Crippen LogP) is 1.62. The van der Waals surface area contributed by atoms with Crippen molar-refractivity contribution in [2.45, 2.75) is 10.9 Å². The summed E-state index contributed by atoms with van der Waals surface area (Å²) in [4.78, 5) is 10.4. The lowest BCUT2D eigenvalue weighted by Crippen LogP contribution is -2.46. The van der Waals surface area contributed by atoms with Crippen LogP contribution in [0.5, 0.6) is 0 Å². The molecule has 1 atom stereocenters. The van der Waals surface area contributed by atoms with Gasteiger partial charge in [-0.15, -0.1) is 0 Å². The van der Waals surface area contributed by atoms with Gasteiger partial charge in [-0.1, -0.05) is 0 Å². The van der Waals surface area contributed by atoms with Crippen molar-refractivity contribution in [1.29, 1.82) is 0 Å². The number of hydrogen-bond donors (Lipinski definition) is 1. The third-order valence-electron chi connectivity index (χ3n) is 1.36. The molecule has 1 aliphatic rings. The second-order valence-corrected chi connectivity index (χ2v) is 2.58. The molecule has 0 bridgehead atoms. The lowest BCUT2D eigenvalue weighted by atomic mass is 10.0. The van der Waals surface area contributed by atoms with E-state index in [9.17, 15) is 13.6 Å².